The van der Waals surface area contributed by atoms with Gasteiger partial charge in [-0.3, -0.25) is 9.20 Å². The summed E-state index contributed by atoms with van der Waals surface area (Å²) in [6.45, 7) is 0.707. The van der Waals surface area contributed by atoms with Crippen molar-refractivity contribution in [3.8, 4) is 11.5 Å². The highest BCUT2D eigenvalue weighted by Crippen LogP contribution is 2.32. The lowest BCUT2D eigenvalue weighted by molar-refractivity contribution is -0.118. The zero-order valence-corrected chi connectivity index (χ0v) is 13.6. The van der Waals surface area contributed by atoms with Crippen molar-refractivity contribution in [2.75, 3.05) is 12.5 Å². The molecule has 0 bridgehead atoms. The Morgan fingerprint density at radius 3 is 3.12 bits per heavy atom. The van der Waals surface area contributed by atoms with Crippen LogP contribution in [0.5, 0.6) is 11.5 Å². The van der Waals surface area contributed by atoms with Gasteiger partial charge in [-0.05, 0) is 29.8 Å². The molecule has 0 spiro atoms. The highest BCUT2D eigenvalue weighted by Gasteiger charge is 2.13. The van der Waals surface area contributed by atoms with Crippen LogP contribution < -0.4 is 14.8 Å². The molecule has 24 heavy (non-hydrogen) atoms. The summed E-state index contributed by atoms with van der Waals surface area (Å²) in [5, 5.41) is 3.72. The second-order valence-corrected chi connectivity index (χ2v) is 6.23. The molecule has 0 saturated heterocycles. The number of rotatable bonds is 5. The van der Waals surface area contributed by atoms with Gasteiger partial charge < -0.3 is 14.8 Å². The first kappa shape index (κ1) is 14.9. The number of carbonyl (C=O) groups excluding carboxylic acids is 1. The zero-order chi connectivity index (χ0) is 16.4. The Morgan fingerprint density at radius 1 is 1.25 bits per heavy atom. The lowest BCUT2D eigenvalue weighted by atomic mass is 10.2. The largest absolute Gasteiger partial charge is 0.454 e. The van der Waals surface area contributed by atoms with Crippen LogP contribution in [0.4, 0.5) is 0 Å². The number of ether oxygens (including phenoxy) is 2. The molecule has 1 aliphatic rings. The molecule has 1 amide bonds. The van der Waals surface area contributed by atoms with Crippen LogP contribution in [0.3, 0.4) is 0 Å². The molecule has 122 valence electrons. The highest BCUT2D eigenvalue weighted by atomic mass is 32.2. The van der Waals surface area contributed by atoms with Crippen LogP contribution >= 0.6 is 11.8 Å². The molecule has 4 rings (SSSR count). The second kappa shape index (κ2) is 6.45. The number of hydrogen-bond acceptors (Lipinski definition) is 5. The molecule has 1 N–H and O–H groups in total. The molecule has 0 fully saturated rings. The van der Waals surface area contributed by atoms with Gasteiger partial charge in [-0.1, -0.05) is 23.9 Å². The summed E-state index contributed by atoms with van der Waals surface area (Å²) in [5.74, 6) is 1.75. The Bertz CT molecular complexity index is 894. The van der Waals surface area contributed by atoms with Crippen molar-refractivity contribution in [3.63, 3.8) is 0 Å². The summed E-state index contributed by atoms with van der Waals surface area (Å²) < 4.78 is 12.6. The number of nitrogens with one attached hydrogen (secondary N) is 1. The van der Waals surface area contributed by atoms with E-state index in [4.69, 9.17) is 9.47 Å². The van der Waals surface area contributed by atoms with Gasteiger partial charge in [0.25, 0.3) is 0 Å². The fraction of sp³-hybridized carbons (Fsp3) is 0.176. The molecule has 3 aromatic rings. The van der Waals surface area contributed by atoms with Crippen molar-refractivity contribution in [3.05, 3.63) is 54.4 Å². The van der Waals surface area contributed by atoms with Gasteiger partial charge in [0.2, 0.25) is 12.7 Å². The van der Waals surface area contributed by atoms with E-state index in [0.29, 0.717) is 12.3 Å². The summed E-state index contributed by atoms with van der Waals surface area (Å²) in [6.07, 6.45) is 3.74. The third-order valence-corrected chi connectivity index (χ3v) is 4.63. The lowest BCUT2D eigenvalue weighted by Gasteiger charge is -2.06. The number of amides is 1. The van der Waals surface area contributed by atoms with Gasteiger partial charge in [-0.2, -0.15) is 0 Å². The average molecular weight is 341 g/mol. The molecule has 2 aromatic heterocycles. The van der Waals surface area contributed by atoms with Crippen LogP contribution in [-0.4, -0.2) is 27.8 Å². The summed E-state index contributed by atoms with van der Waals surface area (Å²) in [4.78, 5) is 16.4. The molecule has 3 heterocycles. The first-order chi connectivity index (χ1) is 11.8. The maximum Gasteiger partial charge on any atom is 0.231 e. The SMILES string of the molecule is O=C(CSc1ncc2ccccn12)NCc1ccc2c(c1)OCO2. The second-order valence-electron chi connectivity index (χ2n) is 5.29. The van der Waals surface area contributed by atoms with E-state index in [1.807, 2.05) is 47.0 Å². The van der Waals surface area contributed by atoms with E-state index in [1.165, 1.54) is 11.8 Å². The van der Waals surface area contributed by atoms with Crippen molar-refractivity contribution >= 4 is 23.2 Å². The minimum atomic E-state index is -0.0367. The molecule has 6 nitrogen and oxygen atoms in total. The number of imidazole rings is 1. The highest BCUT2D eigenvalue weighted by molar-refractivity contribution is 7.99. The number of carbonyl (C=O) groups is 1. The molecule has 0 unspecified atom stereocenters. The zero-order valence-electron chi connectivity index (χ0n) is 12.8. The Kier molecular flexibility index (Phi) is 4.00. The summed E-state index contributed by atoms with van der Waals surface area (Å²) >= 11 is 1.42. The summed E-state index contributed by atoms with van der Waals surface area (Å²) in [6, 6.07) is 11.6. The van der Waals surface area contributed by atoms with E-state index in [1.54, 1.807) is 6.20 Å². The van der Waals surface area contributed by atoms with Crippen LogP contribution in [0.2, 0.25) is 0 Å². The number of aromatic nitrogens is 2. The Labute approximate surface area is 142 Å². The van der Waals surface area contributed by atoms with E-state index >= 15 is 0 Å². The van der Waals surface area contributed by atoms with Gasteiger partial charge in [0.05, 0.1) is 17.5 Å². The minimum Gasteiger partial charge on any atom is -0.454 e. The smallest absolute Gasteiger partial charge is 0.231 e. The molecule has 0 aliphatic carbocycles. The standard InChI is InChI=1S/C17H15N3O3S/c21-16(10-24-17-19-9-13-3-1-2-6-20(13)17)18-8-12-4-5-14-15(7-12)23-11-22-14/h1-7,9H,8,10-11H2,(H,18,21). The lowest BCUT2D eigenvalue weighted by Crippen LogP contribution is -2.24. The predicted octanol–water partition coefficient (Wildman–Crippen LogP) is 2.47. The van der Waals surface area contributed by atoms with Crippen molar-refractivity contribution in [1.82, 2.24) is 14.7 Å². The van der Waals surface area contributed by atoms with Crippen LogP contribution in [-0.2, 0) is 11.3 Å². The van der Waals surface area contributed by atoms with Crippen molar-refractivity contribution in [2.45, 2.75) is 11.7 Å². The fourth-order valence-electron chi connectivity index (χ4n) is 2.46. The van der Waals surface area contributed by atoms with Gasteiger partial charge in [0, 0.05) is 12.7 Å². The maximum absolute atomic E-state index is 12.1. The number of hydrogen-bond donors (Lipinski definition) is 1. The monoisotopic (exact) mass is 341 g/mol. The van der Waals surface area contributed by atoms with Crippen molar-refractivity contribution < 1.29 is 14.3 Å². The Morgan fingerprint density at radius 2 is 2.17 bits per heavy atom. The van der Waals surface area contributed by atoms with E-state index in [2.05, 4.69) is 10.3 Å². The predicted molar refractivity (Wildman–Crippen MR) is 90.3 cm³/mol. The first-order valence-corrected chi connectivity index (χ1v) is 8.48. The van der Waals surface area contributed by atoms with Crippen LogP contribution in [0, 0.1) is 0 Å². The fourth-order valence-corrected chi connectivity index (χ4v) is 3.25. The van der Waals surface area contributed by atoms with E-state index < -0.39 is 0 Å². The van der Waals surface area contributed by atoms with E-state index in [0.717, 1.165) is 27.7 Å². The third kappa shape index (κ3) is 3.03. The van der Waals surface area contributed by atoms with Crippen LogP contribution in [0.1, 0.15) is 5.56 Å². The molecular weight excluding hydrogens is 326 g/mol. The van der Waals surface area contributed by atoms with Crippen LogP contribution in [0.25, 0.3) is 5.52 Å². The minimum absolute atomic E-state index is 0.0367. The summed E-state index contributed by atoms with van der Waals surface area (Å²) in [5.41, 5.74) is 1.99. The number of nitrogens with zero attached hydrogens (tertiary/aromatic N) is 2. The number of pyridine rings is 1. The van der Waals surface area contributed by atoms with Crippen molar-refractivity contribution in [1.29, 1.82) is 0 Å². The Hall–Kier alpha value is -2.67. The normalized spacial score (nSPS) is 12.5. The Balaban J connectivity index is 1.32. The first-order valence-electron chi connectivity index (χ1n) is 7.50. The van der Waals surface area contributed by atoms with Gasteiger partial charge in [-0.25, -0.2) is 4.98 Å². The number of benzene rings is 1. The molecule has 1 aliphatic heterocycles. The van der Waals surface area contributed by atoms with Gasteiger partial charge in [0.1, 0.15) is 0 Å². The third-order valence-electron chi connectivity index (χ3n) is 3.66. The molecular formula is C17H15N3O3S. The van der Waals surface area contributed by atoms with Gasteiger partial charge >= 0.3 is 0 Å². The van der Waals surface area contributed by atoms with E-state index in [-0.39, 0.29) is 12.7 Å². The molecule has 0 saturated carbocycles. The van der Waals surface area contributed by atoms with Gasteiger partial charge in [-0.15, -0.1) is 0 Å². The average Bonchev–Trinajstić information content (AvgIpc) is 3.24. The quantitative estimate of drug-likeness (QED) is 0.722. The van der Waals surface area contributed by atoms with Crippen LogP contribution in [0.15, 0.2) is 53.9 Å². The number of thioether (sulfide) groups is 1. The molecule has 0 atom stereocenters. The van der Waals surface area contributed by atoms with Crippen molar-refractivity contribution in [2.24, 2.45) is 0 Å². The maximum atomic E-state index is 12.1. The summed E-state index contributed by atoms with van der Waals surface area (Å²) in [7, 11) is 0. The topological polar surface area (TPSA) is 64.9 Å². The molecule has 7 heteroatoms. The molecule has 0 radical (unpaired) electrons. The van der Waals surface area contributed by atoms with E-state index in [9.17, 15) is 4.79 Å². The van der Waals surface area contributed by atoms with Gasteiger partial charge in [0.15, 0.2) is 16.7 Å². The molecule has 1 aromatic carbocycles. The number of fused-ring (bicyclic) bond motifs is 2.